The van der Waals surface area contributed by atoms with Crippen LogP contribution in [0.5, 0.6) is 0 Å². The molecule has 9 nitrogen and oxygen atoms in total. The minimum absolute atomic E-state index is 0.0413. The molecule has 9 atom stereocenters. The molecule has 1 spiro atoms. The molecule has 0 aromatic heterocycles. The lowest BCUT2D eigenvalue weighted by Crippen LogP contribution is -2.50. The lowest BCUT2D eigenvalue weighted by Gasteiger charge is -2.39. The maximum atomic E-state index is 12.3. The van der Waals surface area contributed by atoms with Gasteiger partial charge in [0.1, 0.15) is 17.8 Å². The van der Waals surface area contributed by atoms with Crippen molar-refractivity contribution in [1.82, 2.24) is 5.32 Å². The van der Waals surface area contributed by atoms with E-state index in [0.29, 0.717) is 13.0 Å². The van der Waals surface area contributed by atoms with Crippen molar-refractivity contribution in [2.24, 2.45) is 5.92 Å². The lowest BCUT2D eigenvalue weighted by molar-refractivity contribution is -0.157. The molecule has 3 heterocycles. The number of ether oxygens (including phenoxy) is 5. The van der Waals surface area contributed by atoms with E-state index in [-0.39, 0.29) is 54.7 Å². The van der Waals surface area contributed by atoms with Gasteiger partial charge >= 0.3 is 5.97 Å². The largest absolute Gasteiger partial charge is 0.469 e. The first-order valence-corrected chi connectivity index (χ1v) is 13.1. The summed E-state index contributed by atoms with van der Waals surface area (Å²) in [5, 5.41) is 13.8. The van der Waals surface area contributed by atoms with Crippen molar-refractivity contribution < 1.29 is 38.4 Å². The third kappa shape index (κ3) is 8.22. The zero-order chi connectivity index (χ0) is 27.2. The van der Waals surface area contributed by atoms with Crippen molar-refractivity contribution in [1.29, 1.82) is 0 Å². The molecule has 3 saturated heterocycles. The van der Waals surface area contributed by atoms with E-state index in [4.69, 9.17) is 23.7 Å². The molecule has 0 aliphatic carbocycles. The normalized spacial score (nSPS) is 37.2. The first kappa shape index (κ1) is 29.5. The molecule has 208 valence electrons. The maximum Gasteiger partial charge on any atom is 0.308 e. The Morgan fingerprint density at radius 3 is 2.59 bits per heavy atom. The summed E-state index contributed by atoms with van der Waals surface area (Å²) in [7, 11) is 2.96. The van der Waals surface area contributed by atoms with E-state index in [2.05, 4.69) is 18.3 Å². The number of carbonyl (C=O) groups excluding carboxylic acids is 2. The SMILES string of the molecule is COC(=O)C[C@@H]1C[C@@]2(CO2)[C@H](O)[C@@H](C=CC(C)=CC[C@@H]2O[C@H](C)[C@H](NC(=O)C=C[C@H](C)OC)C[C@@H]2C)O1. The van der Waals surface area contributed by atoms with Gasteiger partial charge in [-0.1, -0.05) is 36.8 Å². The second-order valence-corrected chi connectivity index (χ2v) is 10.6. The second-order valence-electron chi connectivity index (χ2n) is 10.6. The Morgan fingerprint density at radius 2 is 1.95 bits per heavy atom. The van der Waals surface area contributed by atoms with E-state index >= 15 is 0 Å². The van der Waals surface area contributed by atoms with Gasteiger partial charge in [-0.3, -0.25) is 9.59 Å². The van der Waals surface area contributed by atoms with E-state index in [0.717, 1.165) is 18.4 Å². The van der Waals surface area contributed by atoms with Gasteiger partial charge in [0.05, 0.1) is 50.6 Å². The molecule has 0 saturated carbocycles. The number of carbonyl (C=O) groups is 2. The fourth-order valence-corrected chi connectivity index (χ4v) is 4.93. The van der Waals surface area contributed by atoms with Crippen LogP contribution in [-0.2, 0) is 33.3 Å². The van der Waals surface area contributed by atoms with Crippen LogP contribution in [0.2, 0.25) is 0 Å². The summed E-state index contributed by atoms with van der Waals surface area (Å²) in [5.74, 6) is -0.216. The predicted molar refractivity (Wildman–Crippen MR) is 138 cm³/mol. The van der Waals surface area contributed by atoms with Crippen LogP contribution in [0.25, 0.3) is 0 Å². The molecule has 0 radical (unpaired) electrons. The van der Waals surface area contributed by atoms with Gasteiger partial charge in [0.2, 0.25) is 5.91 Å². The minimum atomic E-state index is -0.785. The summed E-state index contributed by atoms with van der Waals surface area (Å²) in [6.07, 6.45) is 9.40. The Morgan fingerprint density at radius 1 is 1.22 bits per heavy atom. The third-order valence-electron chi connectivity index (χ3n) is 7.57. The molecular formula is C28H43NO8. The average Bonchev–Trinajstić information content (AvgIpc) is 3.64. The van der Waals surface area contributed by atoms with E-state index in [1.165, 1.54) is 13.2 Å². The van der Waals surface area contributed by atoms with Gasteiger partial charge in [0.25, 0.3) is 0 Å². The molecule has 9 heteroatoms. The monoisotopic (exact) mass is 521 g/mol. The Bertz CT molecular complexity index is 879. The molecule has 1 amide bonds. The predicted octanol–water partition coefficient (Wildman–Crippen LogP) is 2.62. The molecule has 0 unspecified atom stereocenters. The number of aliphatic hydroxyl groups is 1. The fourth-order valence-electron chi connectivity index (χ4n) is 4.93. The zero-order valence-corrected chi connectivity index (χ0v) is 22.8. The topological polar surface area (TPSA) is 116 Å². The van der Waals surface area contributed by atoms with Crippen molar-refractivity contribution in [3.8, 4) is 0 Å². The zero-order valence-electron chi connectivity index (χ0n) is 22.8. The van der Waals surface area contributed by atoms with Crippen LogP contribution in [0.3, 0.4) is 0 Å². The van der Waals surface area contributed by atoms with Crippen LogP contribution in [0.15, 0.2) is 36.0 Å². The lowest BCUT2D eigenvalue weighted by atomic mass is 9.87. The Labute approximate surface area is 220 Å². The highest BCUT2D eigenvalue weighted by Gasteiger charge is 2.58. The number of rotatable bonds is 10. The number of allylic oxidation sites excluding steroid dienone is 2. The molecular weight excluding hydrogens is 478 g/mol. The molecule has 3 rings (SSSR count). The van der Waals surface area contributed by atoms with Gasteiger partial charge < -0.3 is 34.1 Å². The van der Waals surface area contributed by atoms with E-state index < -0.39 is 17.8 Å². The summed E-state index contributed by atoms with van der Waals surface area (Å²) >= 11 is 0. The van der Waals surface area contributed by atoms with Gasteiger partial charge in [-0.25, -0.2) is 0 Å². The van der Waals surface area contributed by atoms with Crippen molar-refractivity contribution in [2.45, 2.75) is 102 Å². The first-order chi connectivity index (χ1) is 17.6. The van der Waals surface area contributed by atoms with Crippen LogP contribution in [0.4, 0.5) is 0 Å². The maximum absolute atomic E-state index is 12.3. The molecule has 0 aromatic carbocycles. The molecule has 3 aliphatic rings. The van der Waals surface area contributed by atoms with Crippen LogP contribution in [0.1, 0.15) is 53.4 Å². The van der Waals surface area contributed by atoms with Crippen molar-refractivity contribution in [3.05, 3.63) is 36.0 Å². The van der Waals surface area contributed by atoms with E-state index in [9.17, 15) is 14.7 Å². The molecule has 0 bridgehead atoms. The van der Waals surface area contributed by atoms with Crippen molar-refractivity contribution >= 4 is 11.9 Å². The number of amides is 1. The fraction of sp³-hybridized carbons (Fsp3) is 0.714. The molecule has 2 N–H and O–H groups in total. The van der Waals surface area contributed by atoms with Gasteiger partial charge in [-0.2, -0.15) is 0 Å². The van der Waals surface area contributed by atoms with Crippen LogP contribution >= 0.6 is 0 Å². The number of aliphatic hydroxyl groups excluding tert-OH is 1. The molecule has 3 fully saturated rings. The summed E-state index contributed by atoms with van der Waals surface area (Å²) in [6, 6.07) is -0.0499. The van der Waals surface area contributed by atoms with Gasteiger partial charge in [0.15, 0.2) is 0 Å². The Hall–Kier alpha value is -2.04. The number of hydrogen-bond acceptors (Lipinski definition) is 8. The van der Waals surface area contributed by atoms with Gasteiger partial charge in [0, 0.05) is 19.6 Å². The Balaban J connectivity index is 1.51. The number of methoxy groups -OCH3 is 2. The molecule has 37 heavy (non-hydrogen) atoms. The smallest absolute Gasteiger partial charge is 0.308 e. The summed E-state index contributed by atoms with van der Waals surface area (Å²) in [6.45, 7) is 8.46. The summed E-state index contributed by atoms with van der Waals surface area (Å²) in [4.78, 5) is 24.0. The summed E-state index contributed by atoms with van der Waals surface area (Å²) in [5.41, 5.74) is 0.391. The first-order valence-electron chi connectivity index (χ1n) is 13.1. The number of epoxide rings is 1. The number of nitrogens with one attached hydrogen (secondary N) is 1. The number of esters is 1. The van der Waals surface area contributed by atoms with Crippen LogP contribution < -0.4 is 5.32 Å². The van der Waals surface area contributed by atoms with Crippen LogP contribution in [0, 0.1) is 5.92 Å². The summed E-state index contributed by atoms with van der Waals surface area (Å²) < 4.78 is 27.7. The quantitative estimate of drug-likeness (QED) is 0.195. The third-order valence-corrected chi connectivity index (χ3v) is 7.57. The second kappa shape index (κ2) is 13.2. The molecule has 0 aromatic rings. The molecule has 3 aliphatic heterocycles. The highest BCUT2D eigenvalue weighted by Crippen LogP contribution is 2.43. The Kier molecular flexibility index (Phi) is 10.5. The average molecular weight is 522 g/mol. The number of hydrogen-bond donors (Lipinski definition) is 2. The van der Waals surface area contributed by atoms with Crippen LogP contribution in [-0.4, -0.2) is 86.1 Å². The van der Waals surface area contributed by atoms with Crippen molar-refractivity contribution in [3.63, 3.8) is 0 Å². The standard InChI is InChI=1S/C28H43NO8/c1-17(8-11-24-27(32)28(16-35-28)15-21(37-24)14-26(31)34-6)7-10-23-18(2)13-22(20(4)36-23)29-25(30)12-9-19(3)33-5/h7-9,11-12,18-24,27,32H,10,13-16H2,1-6H3,(H,29,30)/t18-,19-,20+,21+,22+,23-,24+,27+,28+/m0/s1. The van der Waals surface area contributed by atoms with Gasteiger partial charge in [-0.15, -0.1) is 0 Å². The highest BCUT2D eigenvalue weighted by atomic mass is 16.6. The minimum Gasteiger partial charge on any atom is -0.469 e. The van der Waals surface area contributed by atoms with Gasteiger partial charge in [-0.05, 0) is 39.5 Å². The van der Waals surface area contributed by atoms with Crippen molar-refractivity contribution in [2.75, 3.05) is 20.8 Å². The van der Waals surface area contributed by atoms with E-state index in [1.807, 2.05) is 32.9 Å². The van der Waals surface area contributed by atoms with E-state index in [1.54, 1.807) is 13.2 Å². The highest BCUT2D eigenvalue weighted by molar-refractivity contribution is 5.87.